The molecule has 1 aromatic heterocycles. The highest BCUT2D eigenvalue weighted by molar-refractivity contribution is 9.11. The Morgan fingerprint density at radius 2 is 1.93 bits per heavy atom. The molecule has 1 fully saturated rings. The van der Waals surface area contributed by atoms with Crippen LogP contribution in [0.4, 0.5) is 5.69 Å². The molecule has 0 bridgehead atoms. The van der Waals surface area contributed by atoms with Crippen LogP contribution in [-0.4, -0.2) is 29.8 Å². The van der Waals surface area contributed by atoms with Crippen LogP contribution in [-0.2, 0) is 4.79 Å². The van der Waals surface area contributed by atoms with Crippen molar-refractivity contribution >= 4 is 62.3 Å². The van der Waals surface area contributed by atoms with Crippen molar-refractivity contribution in [2.75, 3.05) is 5.32 Å². The van der Waals surface area contributed by atoms with Gasteiger partial charge in [0.2, 0.25) is 5.91 Å². The number of amides is 3. The molecule has 1 aliphatic rings. The molecule has 0 aliphatic heterocycles. The second-order valence-electron chi connectivity index (χ2n) is 6.23. The molecule has 1 atom stereocenters. The van der Waals surface area contributed by atoms with E-state index in [9.17, 15) is 14.4 Å². The number of anilines is 1. The normalized spacial score (nSPS) is 14.3. The van der Waals surface area contributed by atoms with E-state index in [-0.39, 0.29) is 28.8 Å². The zero-order valence-corrected chi connectivity index (χ0v) is 17.5. The lowest BCUT2D eigenvalue weighted by Crippen LogP contribution is -2.41. The average Bonchev–Trinajstić information content (AvgIpc) is 3.31. The van der Waals surface area contributed by atoms with Crippen LogP contribution in [0.2, 0.25) is 5.02 Å². The second-order valence-corrected chi connectivity index (χ2v) is 9.10. The predicted octanol–water partition coefficient (Wildman–Crippen LogP) is 3.81. The Hall–Kier alpha value is -1.90. The van der Waals surface area contributed by atoms with E-state index in [1.165, 1.54) is 17.4 Å². The van der Waals surface area contributed by atoms with Gasteiger partial charge in [0.15, 0.2) is 0 Å². The van der Waals surface area contributed by atoms with Crippen LogP contribution < -0.4 is 16.0 Å². The highest BCUT2D eigenvalue weighted by Gasteiger charge is 2.25. The molecule has 0 spiro atoms. The van der Waals surface area contributed by atoms with Gasteiger partial charge in [0.05, 0.1) is 19.2 Å². The number of hydrogen-bond donors (Lipinski definition) is 3. The summed E-state index contributed by atoms with van der Waals surface area (Å²) in [6.45, 7) is 1.59. The fourth-order valence-electron chi connectivity index (χ4n) is 2.29. The molecular weight excluding hydrogens is 454 g/mol. The molecule has 27 heavy (non-hydrogen) atoms. The van der Waals surface area contributed by atoms with Gasteiger partial charge in [-0.05, 0) is 66.0 Å². The SMILES string of the molecule is CC(NC(=O)c1ccc(Br)s1)C(=O)Nc1ccc(C(=O)NC2CC2)c(Cl)c1. The van der Waals surface area contributed by atoms with Crippen molar-refractivity contribution in [3.63, 3.8) is 0 Å². The Balaban J connectivity index is 1.58. The summed E-state index contributed by atoms with van der Waals surface area (Å²) in [6, 6.07) is 7.65. The van der Waals surface area contributed by atoms with E-state index in [1.807, 2.05) is 0 Å². The second kappa shape index (κ2) is 8.41. The van der Waals surface area contributed by atoms with E-state index in [4.69, 9.17) is 11.6 Å². The topological polar surface area (TPSA) is 87.3 Å². The average molecular weight is 471 g/mol. The van der Waals surface area contributed by atoms with Crippen LogP contribution in [0.5, 0.6) is 0 Å². The number of hydrogen-bond acceptors (Lipinski definition) is 4. The molecule has 3 rings (SSSR count). The van der Waals surface area contributed by atoms with E-state index in [2.05, 4.69) is 31.9 Å². The quantitative estimate of drug-likeness (QED) is 0.600. The summed E-state index contributed by atoms with van der Waals surface area (Å²) in [5.74, 6) is -0.924. The van der Waals surface area contributed by atoms with Crippen molar-refractivity contribution in [1.82, 2.24) is 10.6 Å². The van der Waals surface area contributed by atoms with Gasteiger partial charge in [-0.25, -0.2) is 0 Å². The molecule has 0 radical (unpaired) electrons. The van der Waals surface area contributed by atoms with Crippen LogP contribution in [0.3, 0.4) is 0 Å². The largest absolute Gasteiger partial charge is 0.349 e. The summed E-state index contributed by atoms with van der Waals surface area (Å²) >= 11 is 10.8. The van der Waals surface area contributed by atoms with Gasteiger partial charge in [0.25, 0.3) is 11.8 Å². The summed E-state index contributed by atoms with van der Waals surface area (Å²) in [7, 11) is 0. The molecule has 1 saturated carbocycles. The minimum atomic E-state index is -0.741. The summed E-state index contributed by atoms with van der Waals surface area (Å²) in [6.07, 6.45) is 1.98. The van der Waals surface area contributed by atoms with Crippen molar-refractivity contribution in [2.24, 2.45) is 0 Å². The summed E-state index contributed by atoms with van der Waals surface area (Å²) in [5, 5.41) is 8.46. The zero-order valence-electron chi connectivity index (χ0n) is 14.3. The van der Waals surface area contributed by atoms with Gasteiger partial charge in [-0.3, -0.25) is 14.4 Å². The molecule has 9 heteroatoms. The number of carbonyl (C=O) groups excluding carboxylic acids is 3. The number of nitrogens with one attached hydrogen (secondary N) is 3. The molecule has 3 N–H and O–H groups in total. The smallest absolute Gasteiger partial charge is 0.262 e. The van der Waals surface area contributed by atoms with Crippen molar-refractivity contribution < 1.29 is 14.4 Å². The van der Waals surface area contributed by atoms with E-state index in [0.29, 0.717) is 16.1 Å². The molecule has 3 amide bonds. The fourth-order valence-corrected chi connectivity index (χ4v) is 3.84. The van der Waals surface area contributed by atoms with E-state index < -0.39 is 6.04 Å². The Bertz CT molecular complexity index is 898. The van der Waals surface area contributed by atoms with Crippen LogP contribution >= 0.6 is 38.9 Å². The monoisotopic (exact) mass is 469 g/mol. The zero-order chi connectivity index (χ0) is 19.6. The molecular formula is C18H17BrClN3O3S. The lowest BCUT2D eigenvalue weighted by molar-refractivity contribution is -0.117. The highest BCUT2D eigenvalue weighted by atomic mass is 79.9. The van der Waals surface area contributed by atoms with E-state index in [0.717, 1.165) is 16.6 Å². The van der Waals surface area contributed by atoms with E-state index in [1.54, 1.807) is 31.2 Å². The maximum atomic E-state index is 12.3. The minimum Gasteiger partial charge on any atom is -0.349 e. The Kier molecular flexibility index (Phi) is 6.18. The summed E-state index contributed by atoms with van der Waals surface area (Å²) in [4.78, 5) is 37.0. The standard InChI is InChI=1S/C18H17BrClN3O3S/c1-9(21-18(26)14-6-7-15(19)27-14)16(24)23-11-4-5-12(13(20)8-11)17(25)22-10-2-3-10/h4-10H,2-3H2,1H3,(H,21,26)(H,22,25)(H,23,24). The molecule has 1 aromatic carbocycles. The molecule has 2 aromatic rings. The summed E-state index contributed by atoms with van der Waals surface area (Å²) in [5.41, 5.74) is 0.819. The van der Waals surface area contributed by atoms with Gasteiger partial charge >= 0.3 is 0 Å². The molecule has 1 unspecified atom stereocenters. The van der Waals surface area contributed by atoms with Crippen LogP contribution in [0.1, 0.15) is 39.8 Å². The molecule has 1 aliphatic carbocycles. The van der Waals surface area contributed by atoms with Crippen molar-refractivity contribution in [2.45, 2.75) is 31.8 Å². The number of carbonyl (C=O) groups is 3. The van der Waals surface area contributed by atoms with E-state index >= 15 is 0 Å². The first-order valence-electron chi connectivity index (χ1n) is 8.31. The van der Waals surface area contributed by atoms with Gasteiger partial charge in [-0.15, -0.1) is 11.3 Å². The van der Waals surface area contributed by atoms with Crippen LogP contribution in [0.25, 0.3) is 0 Å². The lowest BCUT2D eigenvalue weighted by atomic mass is 10.2. The van der Waals surface area contributed by atoms with Gasteiger partial charge in [0, 0.05) is 11.7 Å². The number of thiophene rings is 1. The first kappa shape index (κ1) is 19.9. The predicted molar refractivity (Wildman–Crippen MR) is 110 cm³/mol. The number of halogens is 2. The van der Waals surface area contributed by atoms with Gasteiger partial charge < -0.3 is 16.0 Å². The Morgan fingerprint density at radius 1 is 1.19 bits per heavy atom. The maximum Gasteiger partial charge on any atom is 0.262 e. The minimum absolute atomic E-state index is 0.219. The number of rotatable bonds is 6. The van der Waals surface area contributed by atoms with Crippen LogP contribution in [0.15, 0.2) is 34.1 Å². The van der Waals surface area contributed by atoms with Crippen LogP contribution in [0, 0.1) is 0 Å². The first-order valence-corrected chi connectivity index (χ1v) is 10.3. The van der Waals surface area contributed by atoms with Gasteiger partial charge in [-0.1, -0.05) is 11.6 Å². The maximum absolute atomic E-state index is 12.3. The third-order valence-electron chi connectivity index (χ3n) is 3.93. The third kappa shape index (κ3) is 5.31. The van der Waals surface area contributed by atoms with Gasteiger partial charge in [-0.2, -0.15) is 0 Å². The molecule has 0 saturated heterocycles. The molecule has 142 valence electrons. The molecule has 6 nitrogen and oxygen atoms in total. The van der Waals surface area contributed by atoms with Crippen molar-refractivity contribution in [3.05, 3.63) is 49.6 Å². The number of benzene rings is 1. The molecule has 1 heterocycles. The highest BCUT2D eigenvalue weighted by Crippen LogP contribution is 2.24. The lowest BCUT2D eigenvalue weighted by Gasteiger charge is -2.14. The van der Waals surface area contributed by atoms with Crippen molar-refractivity contribution in [1.29, 1.82) is 0 Å². The Morgan fingerprint density at radius 3 is 2.52 bits per heavy atom. The summed E-state index contributed by atoms with van der Waals surface area (Å²) < 4.78 is 0.838. The first-order chi connectivity index (χ1) is 12.8. The Labute approximate surface area is 173 Å². The third-order valence-corrected chi connectivity index (χ3v) is 5.87. The van der Waals surface area contributed by atoms with Crippen molar-refractivity contribution in [3.8, 4) is 0 Å². The van der Waals surface area contributed by atoms with Gasteiger partial charge in [0.1, 0.15) is 6.04 Å². The fraction of sp³-hybridized carbons (Fsp3) is 0.278.